The van der Waals surface area contributed by atoms with Crippen molar-refractivity contribution in [2.75, 3.05) is 0 Å². The summed E-state index contributed by atoms with van der Waals surface area (Å²) in [5, 5.41) is -0.568. The first-order valence-corrected chi connectivity index (χ1v) is 5.57. The van der Waals surface area contributed by atoms with Crippen molar-refractivity contribution >= 4 is 17.4 Å². The van der Waals surface area contributed by atoms with Crippen LogP contribution in [0.15, 0.2) is 12.1 Å². The molecule has 0 heterocycles. The van der Waals surface area contributed by atoms with Crippen molar-refractivity contribution < 1.29 is 13.6 Å². The van der Waals surface area contributed by atoms with Crippen LogP contribution in [0.5, 0.6) is 0 Å². The van der Waals surface area contributed by atoms with E-state index < -0.39 is 16.7 Å². The van der Waals surface area contributed by atoms with Gasteiger partial charge in [-0.25, -0.2) is 8.78 Å². The van der Waals surface area contributed by atoms with Gasteiger partial charge in [-0.1, -0.05) is 25.4 Å². The second kappa shape index (κ2) is 5.39. The highest BCUT2D eigenvalue weighted by molar-refractivity contribution is 6.31. The lowest BCUT2D eigenvalue weighted by molar-refractivity contribution is 0.0912. The fourth-order valence-electron chi connectivity index (χ4n) is 1.59. The molecule has 4 heteroatoms. The lowest BCUT2D eigenvalue weighted by atomic mass is 9.93. The number of hydrogen-bond donors (Lipinski definition) is 0. The zero-order valence-corrected chi connectivity index (χ0v) is 9.94. The number of carbonyl (C=O) groups is 1. The van der Waals surface area contributed by atoms with E-state index in [0.29, 0.717) is 12.8 Å². The van der Waals surface area contributed by atoms with E-state index in [4.69, 9.17) is 11.6 Å². The molecule has 1 rings (SSSR count). The van der Waals surface area contributed by atoms with Crippen molar-refractivity contribution in [2.24, 2.45) is 5.92 Å². The van der Waals surface area contributed by atoms with Crippen molar-refractivity contribution in [1.82, 2.24) is 0 Å². The zero-order chi connectivity index (χ0) is 12.3. The van der Waals surface area contributed by atoms with Gasteiger partial charge in [-0.2, -0.15) is 0 Å². The highest BCUT2D eigenvalue weighted by Crippen LogP contribution is 2.23. The highest BCUT2D eigenvalue weighted by Gasteiger charge is 2.19. The molecule has 0 aliphatic heterocycles. The Morgan fingerprint density at radius 2 is 1.69 bits per heavy atom. The molecular formula is C12H13ClF2O. The Morgan fingerprint density at radius 1 is 1.25 bits per heavy atom. The van der Waals surface area contributed by atoms with Crippen LogP contribution in [0.25, 0.3) is 0 Å². The van der Waals surface area contributed by atoms with Gasteiger partial charge in [0.15, 0.2) is 5.78 Å². The van der Waals surface area contributed by atoms with Crippen LogP contribution in [-0.4, -0.2) is 5.78 Å². The number of halogens is 3. The average molecular weight is 247 g/mol. The van der Waals surface area contributed by atoms with E-state index in [1.165, 1.54) is 0 Å². The van der Waals surface area contributed by atoms with E-state index in [0.717, 1.165) is 12.1 Å². The van der Waals surface area contributed by atoms with Crippen LogP contribution in [0.4, 0.5) is 8.78 Å². The highest BCUT2D eigenvalue weighted by atomic mass is 35.5. The lowest BCUT2D eigenvalue weighted by Crippen LogP contribution is -2.13. The minimum absolute atomic E-state index is 0.0492. The minimum atomic E-state index is -0.893. The second-order valence-electron chi connectivity index (χ2n) is 3.63. The number of Topliss-reactive ketones (excluding diaryl/α,β-unsaturated/α-hetero) is 1. The molecule has 0 saturated carbocycles. The van der Waals surface area contributed by atoms with Crippen LogP contribution in [0, 0.1) is 17.6 Å². The van der Waals surface area contributed by atoms with Crippen molar-refractivity contribution in [3.63, 3.8) is 0 Å². The first kappa shape index (κ1) is 13.1. The summed E-state index contributed by atoms with van der Waals surface area (Å²) in [5.41, 5.74) is 0.0492. The molecule has 0 aliphatic rings. The first-order chi connectivity index (χ1) is 7.51. The van der Waals surface area contributed by atoms with E-state index in [1.54, 1.807) is 0 Å². The van der Waals surface area contributed by atoms with Gasteiger partial charge in [0.1, 0.15) is 16.7 Å². The predicted molar refractivity (Wildman–Crippen MR) is 59.8 cm³/mol. The van der Waals surface area contributed by atoms with E-state index in [-0.39, 0.29) is 17.3 Å². The Hall–Kier alpha value is -0.960. The fourth-order valence-corrected chi connectivity index (χ4v) is 1.70. The molecular weight excluding hydrogens is 234 g/mol. The van der Waals surface area contributed by atoms with E-state index in [1.807, 2.05) is 13.8 Å². The second-order valence-corrected chi connectivity index (χ2v) is 4.01. The number of hydrogen-bond acceptors (Lipinski definition) is 1. The Labute approximate surface area is 98.4 Å². The smallest absolute Gasteiger partial charge is 0.166 e. The Morgan fingerprint density at radius 3 is 2.06 bits per heavy atom. The number of benzene rings is 1. The summed E-state index contributed by atoms with van der Waals surface area (Å²) < 4.78 is 26.3. The predicted octanol–water partition coefficient (Wildman–Crippen LogP) is 4.24. The zero-order valence-electron chi connectivity index (χ0n) is 9.19. The third-order valence-corrected chi connectivity index (χ3v) is 2.99. The monoisotopic (exact) mass is 246 g/mol. The number of ketones is 1. The van der Waals surface area contributed by atoms with Crippen molar-refractivity contribution in [3.8, 4) is 0 Å². The summed E-state index contributed by atoms with van der Waals surface area (Å²) in [6, 6.07) is 1.98. The maximum absolute atomic E-state index is 13.1. The summed E-state index contributed by atoms with van der Waals surface area (Å²) in [4.78, 5) is 11.8. The van der Waals surface area contributed by atoms with Crippen molar-refractivity contribution in [2.45, 2.75) is 26.7 Å². The summed E-state index contributed by atoms with van der Waals surface area (Å²) >= 11 is 5.34. The molecule has 0 aromatic heterocycles. The lowest BCUT2D eigenvalue weighted by Gasteiger charge is -2.11. The maximum Gasteiger partial charge on any atom is 0.166 e. The molecule has 1 nitrogen and oxygen atoms in total. The molecule has 0 aliphatic carbocycles. The Kier molecular flexibility index (Phi) is 4.42. The normalized spacial score (nSPS) is 10.9. The van der Waals surface area contributed by atoms with Crippen LogP contribution >= 0.6 is 11.6 Å². The van der Waals surface area contributed by atoms with Gasteiger partial charge >= 0.3 is 0 Å². The third-order valence-electron chi connectivity index (χ3n) is 2.62. The van der Waals surface area contributed by atoms with Crippen LogP contribution in [0.2, 0.25) is 5.02 Å². The molecule has 0 bridgehead atoms. The molecule has 0 amide bonds. The topological polar surface area (TPSA) is 17.1 Å². The largest absolute Gasteiger partial charge is 0.294 e. The van der Waals surface area contributed by atoms with Gasteiger partial charge in [-0.3, -0.25) is 4.79 Å². The molecule has 0 radical (unpaired) electrons. The van der Waals surface area contributed by atoms with Crippen LogP contribution in [0.3, 0.4) is 0 Å². The third kappa shape index (κ3) is 2.59. The Balaban J connectivity index is 3.10. The van der Waals surface area contributed by atoms with Gasteiger partial charge in [-0.15, -0.1) is 0 Å². The minimum Gasteiger partial charge on any atom is -0.294 e. The fraction of sp³-hybridized carbons (Fsp3) is 0.417. The van der Waals surface area contributed by atoms with E-state index >= 15 is 0 Å². The van der Waals surface area contributed by atoms with Gasteiger partial charge < -0.3 is 0 Å². The summed E-state index contributed by atoms with van der Waals surface area (Å²) in [5.74, 6) is -2.22. The van der Waals surface area contributed by atoms with Crippen molar-refractivity contribution in [1.29, 1.82) is 0 Å². The molecule has 1 aromatic carbocycles. The molecule has 0 fully saturated rings. The molecule has 0 unspecified atom stereocenters. The molecule has 0 N–H and O–H groups in total. The summed E-state index contributed by atoms with van der Waals surface area (Å²) in [6.07, 6.45) is 1.31. The maximum atomic E-state index is 13.1. The molecule has 88 valence electrons. The van der Waals surface area contributed by atoms with E-state index in [2.05, 4.69) is 0 Å². The number of carbonyl (C=O) groups excluding carboxylic acids is 1. The standard InChI is InChI=1S/C12H13ClF2O/c1-3-7(4-2)12(16)8-5-9(14)11(13)10(15)6-8/h5-7H,3-4H2,1-2H3. The molecule has 16 heavy (non-hydrogen) atoms. The molecule has 0 saturated heterocycles. The summed E-state index contributed by atoms with van der Waals surface area (Å²) in [7, 11) is 0. The summed E-state index contributed by atoms with van der Waals surface area (Å²) in [6.45, 7) is 3.74. The quantitative estimate of drug-likeness (QED) is 0.574. The van der Waals surface area contributed by atoms with E-state index in [9.17, 15) is 13.6 Å². The Bertz CT molecular complexity index is 377. The number of rotatable bonds is 4. The van der Waals surface area contributed by atoms with Gasteiger partial charge in [0, 0.05) is 11.5 Å². The van der Waals surface area contributed by atoms with Crippen LogP contribution in [0.1, 0.15) is 37.0 Å². The molecule has 1 aromatic rings. The van der Waals surface area contributed by atoms with Crippen molar-refractivity contribution in [3.05, 3.63) is 34.4 Å². The molecule has 0 spiro atoms. The molecule has 0 atom stereocenters. The van der Waals surface area contributed by atoms with Crippen LogP contribution in [-0.2, 0) is 0 Å². The van der Waals surface area contributed by atoms with Gasteiger partial charge in [0.05, 0.1) is 0 Å². The average Bonchev–Trinajstić information content (AvgIpc) is 2.26. The SMILES string of the molecule is CCC(CC)C(=O)c1cc(F)c(Cl)c(F)c1. The van der Waals surface area contributed by atoms with Gasteiger partial charge in [0.2, 0.25) is 0 Å². The first-order valence-electron chi connectivity index (χ1n) is 5.20. The van der Waals surface area contributed by atoms with Crippen LogP contribution < -0.4 is 0 Å². The van der Waals surface area contributed by atoms with Gasteiger partial charge in [0.25, 0.3) is 0 Å². The van der Waals surface area contributed by atoms with Gasteiger partial charge in [-0.05, 0) is 25.0 Å².